The van der Waals surface area contributed by atoms with E-state index in [1.165, 1.54) is 12.4 Å². The van der Waals surface area contributed by atoms with E-state index in [1.54, 1.807) is 6.07 Å². The molecule has 0 spiro atoms. The summed E-state index contributed by atoms with van der Waals surface area (Å²) in [6.45, 7) is 7.99. The van der Waals surface area contributed by atoms with E-state index in [0.717, 1.165) is 37.4 Å². The number of fused-ring (bicyclic) bond motifs is 1. The van der Waals surface area contributed by atoms with Crippen molar-refractivity contribution in [2.45, 2.75) is 20.0 Å². The predicted molar refractivity (Wildman–Crippen MR) is 109 cm³/mol. The van der Waals surface area contributed by atoms with E-state index >= 15 is 0 Å². The van der Waals surface area contributed by atoms with Crippen molar-refractivity contribution in [1.82, 2.24) is 25.1 Å². The van der Waals surface area contributed by atoms with Crippen molar-refractivity contribution < 1.29 is 14.2 Å². The Bertz CT molecular complexity index is 984. The van der Waals surface area contributed by atoms with Gasteiger partial charge in [-0.3, -0.25) is 10.00 Å². The minimum Gasteiger partial charge on any atom is -0.488 e. The molecular weight excluding hydrogens is 375 g/mol. The Hall–Kier alpha value is -2.78. The number of β-amino-alcohol motifs (C(OH)–C–C–N with tert-alkyl or cyclic N) is 1. The lowest BCUT2D eigenvalue weighted by atomic mass is 10.1. The van der Waals surface area contributed by atoms with Crippen LogP contribution < -0.4 is 9.64 Å². The van der Waals surface area contributed by atoms with Crippen molar-refractivity contribution in [3.8, 4) is 17.1 Å². The van der Waals surface area contributed by atoms with Crippen LogP contribution in [-0.4, -0.2) is 75.6 Å². The zero-order valence-corrected chi connectivity index (χ0v) is 16.6. The van der Waals surface area contributed by atoms with Gasteiger partial charge in [0.25, 0.3) is 0 Å². The third kappa shape index (κ3) is 4.15. The maximum atomic E-state index is 14.3. The zero-order valence-electron chi connectivity index (χ0n) is 16.6. The fourth-order valence-corrected chi connectivity index (χ4v) is 3.55. The number of anilines is 1. The van der Waals surface area contributed by atoms with Gasteiger partial charge in [-0.2, -0.15) is 5.10 Å². The lowest BCUT2D eigenvalue weighted by Gasteiger charge is -2.35. The molecule has 0 unspecified atom stereocenters. The number of benzene rings is 1. The van der Waals surface area contributed by atoms with Gasteiger partial charge in [-0.15, -0.1) is 0 Å². The molecule has 3 aromatic rings. The van der Waals surface area contributed by atoms with Gasteiger partial charge < -0.3 is 14.7 Å². The van der Waals surface area contributed by atoms with Gasteiger partial charge in [-0.1, -0.05) is 0 Å². The highest BCUT2D eigenvalue weighted by molar-refractivity contribution is 5.93. The molecule has 29 heavy (non-hydrogen) atoms. The SMILES string of the molecule is CC(C)Oc1cc2c(-c3cc(N4CCN(CCO)CC4)ncn3)n[nH]c2cc1F. The number of H-pyrrole nitrogens is 1. The van der Waals surface area contributed by atoms with Crippen molar-refractivity contribution in [2.24, 2.45) is 0 Å². The van der Waals surface area contributed by atoms with Crippen LogP contribution in [0, 0.1) is 5.82 Å². The second kappa shape index (κ2) is 8.30. The molecule has 0 radical (unpaired) electrons. The summed E-state index contributed by atoms with van der Waals surface area (Å²) in [6.07, 6.45) is 1.40. The number of piperazine rings is 1. The van der Waals surface area contributed by atoms with Crippen molar-refractivity contribution in [3.63, 3.8) is 0 Å². The van der Waals surface area contributed by atoms with Crippen LogP contribution >= 0.6 is 0 Å². The number of aromatic amines is 1. The summed E-state index contributed by atoms with van der Waals surface area (Å²) in [5.74, 6) is 0.602. The summed E-state index contributed by atoms with van der Waals surface area (Å²) in [6, 6.07) is 4.97. The molecule has 1 aromatic carbocycles. The molecule has 8 nitrogen and oxygen atoms in total. The van der Waals surface area contributed by atoms with Crippen molar-refractivity contribution in [1.29, 1.82) is 0 Å². The quantitative estimate of drug-likeness (QED) is 0.655. The Morgan fingerprint density at radius 1 is 1.17 bits per heavy atom. The number of halogens is 1. The third-order valence-electron chi connectivity index (χ3n) is 4.99. The van der Waals surface area contributed by atoms with E-state index in [-0.39, 0.29) is 18.5 Å². The molecule has 4 rings (SSSR count). The minimum absolute atomic E-state index is 0.132. The van der Waals surface area contributed by atoms with Gasteiger partial charge in [0.15, 0.2) is 11.6 Å². The highest BCUT2D eigenvalue weighted by atomic mass is 19.1. The van der Waals surface area contributed by atoms with E-state index in [4.69, 9.17) is 9.84 Å². The first-order chi connectivity index (χ1) is 14.0. The molecule has 0 aliphatic carbocycles. The van der Waals surface area contributed by atoms with Crippen molar-refractivity contribution in [3.05, 3.63) is 30.3 Å². The molecule has 3 heterocycles. The van der Waals surface area contributed by atoms with Crippen LogP contribution in [0.25, 0.3) is 22.3 Å². The summed E-state index contributed by atoms with van der Waals surface area (Å²) in [5, 5.41) is 17.1. The largest absolute Gasteiger partial charge is 0.488 e. The molecule has 0 amide bonds. The molecule has 0 atom stereocenters. The lowest BCUT2D eigenvalue weighted by Crippen LogP contribution is -2.47. The number of nitrogens with one attached hydrogen (secondary N) is 1. The van der Waals surface area contributed by atoms with Gasteiger partial charge in [0.1, 0.15) is 17.8 Å². The summed E-state index contributed by atoms with van der Waals surface area (Å²) >= 11 is 0. The molecule has 9 heteroatoms. The topological polar surface area (TPSA) is 90.4 Å². The number of ether oxygens (including phenoxy) is 1. The molecule has 1 fully saturated rings. The van der Waals surface area contributed by atoms with Crippen LogP contribution in [-0.2, 0) is 0 Å². The van der Waals surface area contributed by atoms with E-state index in [2.05, 4.69) is 30.0 Å². The summed E-state index contributed by atoms with van der Waals surface area (Å²) in [7, 11) is 0. The second-order valence-electron chi connectivity index (χ2n) is 7.38. The van der Waals surface area contributed by atoms with Gasteiger partial charge in [0.05, 0.1) is 23.9 Å². The van der Waals surface area contributed by atoms with Crippen LogP contribution in [0.15, 0.2) is 24.5 Å². The molecule has 154 valence electrons. The fraction of sp³-hybridized carbons (Fsp3) is 0.450. The molecule has 0 bridgehead atoms. The maximum Gasteiger partial charge on any atom is 0.167 e. The number of aliphatic hydroxyl groups is 1. The third-order valence-corrected chi connectivity index (χ3v) is 4.99. The highest BCUT2D eigenvalue weighted by Crippen LogP contribution is 2.31. The summed E-state index contributed by atoms with van der Waals surface area (Å²) < 4.78 is 19.8. The fourth-order valence-electron chi connectivity index (χ4n) is 3.55. The lowest BCUT2D eigenvalue weighted by molar-refractivity contribution is 0.188. The van der Waals surface area contributed by atoms with Crippen molar-refractivity contribution >= 4 is 16.7 Å². The number of aliphatic hydroxyl groups excluding tert-OH is 1. The number of hydrogen-bond donors (Lipinski definition) is 2. The highest BCUT2D eigenvalue weighted by Gasteiger charge is 2.20. The van der Waals surface area contributed by atoms with E-state index in [1.807, 2.05) is 19.9 Å². The average Bonchev–Trinajstić information content (AvgIpc) is 3.11. The smallest absolute Gasteiger partial charge is 0.167 e. The molecule has 2 N–H and O–H groups in total. The molecule has 1 aliphatic heterocycles. The van der Waals surface area contributed by atoms with Crippen LogP contribution in [0.1, 0.15) is 13.8 Å². The summed E-state index contributed by atoms with van der Waals surface area (Å²) in [5.41, 5.74) is 1.89. The maximum absolute atomic E-state index is 14.3. The first-order valence-electron chi connectivity index (χ1n) is 9.80. The van der Waals surface area contributed by atoms with Gasteiger partial charge in [0, 0.05) is 50.2 Å². The Labute approximate surface area is 168 Å². The Morgan fingerprint density at radius 2 is 1.97 bits per heavy atom. The average molecular weight is 400 g/mol. The zero-order chi connectivity index (χ0) is 20.4. The standard InChI is InChI=1S/C20H25FN6O2/c1-13(2)29-18-9-14-16(10-15(18)21)24-25-20(14)17-11-19(23-12-22-17)27-5-3-26(4-6-27)7-8-28/h9-13,28H,3-8H2,1-2H3,(H,24,25). The first-order valence-corrected chi connectivity index (χ1v) is 9.80. The van der Waals surface area contributed by atoms with Crippen LogP contribution in [0.2, 0.25) is 0 Å². The molecule has 1 aliphatic rings. The van der Waals surface area contributed by atoms with E-state index in [0.29, 0.717) is 23.4 Å². The molecule has 2 aromatic heterocycles. The van der Waals surface area contributed by atoms with Crippen LogP contribution in [0.3, 0.4) is 0 Å². The Kier molecular flexibility index (Phi) is 5.59. The van der Waals surface area contributed by atoms with Crippen LogP contribution in [0.4, 0.5) is 10.2 Å². The van der Waals surface area contributed by atoms with Crippen LogP contribution in [0.5, 0.6) is 5.75 Å². The van der Waals surface area contributed by atoms with Gasteiger partial charge in [0.2, 0.25) is 0 Å². The molecular formula is C20H25FN6O2. The normalized spacial score (nSPS) is 15.4. The van der Waals surface area contributed by atoms with Gasteiger partial charge >= 0.3 is 0 Å². The Balaban J connectivity index is 1.62. The Morgan fingerprint density at radius 3 is 2.69 bits per heavy atom. The number of aromatic nitrogens is 4. The van der Waals surface area contributed by atoms with Gasteiger partial charge in [-0.05, 0) is 19.9 Å². The number of rotatable bonds is 6. The second-order valence-corrected chi connectivity index (χ2v) is 7.38. The first kappa shape index (κ1) is 19.5. The van der Waals surface area contributed by atoms with E-state index in [9.17, 15) is 4.39 Å². The minimum atomic E-state index is -0.425. The number of hydrogen-bond acceptors (Lipinski definition) is 7. The predicted octanol–water partition coefficient (Wildman–Crippen LogP) is 2.06. The monoisotopic (exact) mass is 400 g/mol. The molecule has 1 saturated heterocycles. The number of nitrogens with zero attached hydrogens (tertiary/aromatic N) is 5. The van der Waals surface area contributed by atoms with Gasteiger partial charge in [-0.25, -0.2) is 14.4 Å². The van der Waals surface area contributed by atoms with E-state index < -0.39 is 5.82 Å². The van der Waals surface area contributed by atoms with Crippen molar-refractivity contribution in [2.75, 3.05) is 44.2 Å². The summed E-state index contributed by atoms with van der Waals surface area (Å²) in [4.78, 5) is 13.2. The molecule has 0 saturated carbocycles.